The molecule has 4 rings (SSSR count). The van der Waals surface area contributed by atoms with Crippen molar-refractivity contribution >= 4 is 23.2 Å². The van der Waals surface area contributed by atoms with Crippen molar-refractivity contribution in [2.24, 2.45) is 0 Å². The molecule has 27 heavy (non-hydrogen) atoms. The van der Waals surface area contributed by atoms with Gasteiger partial charge in [-0.05, 0) is 12.1 Å². The second-order valence-electron chi connectivity index (χ2n) is 6.21. The summed E-state index contributed by atoms with van der Waals surface area (Å²) in [5.74, 6) is 1.09. The molecule has 3 aromatic rings. The number of carbonyl (C=O) groups excluding carboxylic acids is 1. The van der Waals surface area contributed by atoms with Gasteiger partial charge in [0.05, 0.1) is 0 Å². The van der Waals surface area contributed by atoms with Gasteiger partial charge in [0.2, 0.25) is 5.91 Å². The van der Waals surface area contributed by atoms with Crippen molar-refractivity contribution in [2.45, 2.75) is 6.54 Å². The van der Waals surface area contributed by atoms with Crippen LogP contribution in [0, 0.1) is 0 Å². The van der Waals surface area contributed by atoms with Crippen molar-refractivity contribution in [2.75, 3.05) is 41.3 Å². The van der Waals surface area contributed by atoms with Crippen LogP contribution < -0.4 is 15.1 Å². The Bertz CT molecular complexity index is 875. The van der Waals surface area contributed by atoms with Gasteiger partial charge in [-0.2, -0.15) is 5.10 Å². The average Bonchev–Trinajstić information content (AvgIpc) is 3.22. The third-order valence-corrected chi connectivity index (χ3v) is 4.42. The van der Waals surface area contributed by atoms with Crippen LogP contribution in [-0.2, 0) is 11.3 Å². The van der Waals surface area contributed by atoms with Crippen molar-refractivity contribution in [3.8, 4) is 0 Å². The van der Waals surface area contributed by atoms with Crippen LogP contribution in [0.15, 0.2) is 55.4 Å². The van der Waals surface area contributed by atoms with E-state index in [-0.39, 0.29) is 12.5 Å². The Labute approximate surface area is 156 Å². The number of hydrogen-bond acceptors (Lipinski definition) is 7. The maximum absolute atomic E-state index is 12.1. The van der Waals surface area contributed by atoms with E-state index in [1.54, 1.807) is 6.07 Å². The number of anilines is 3. The molecular weight excluding hydrogens is 344 g/mol. The first-order chi connectivity index (χ1) is 13.3. The standard InChI is InChI=1S/C18H20N8O/c27-18(11-26-14-19-12-22-26)23-16-10-17(21-13-20-16)25-8-6-24(7-9-25)15-4-2-1-3-5-15/h1-5,10,12-14H,6-9,11H2,(H,20,21,23,27). The molecule has 3 heterocycles. The maximum Gasteiger partial charge on any atom is 0.247 e. The van der Waals surface area contributed by atoms with Gasteiger partial charge < -0.3 is 15.1 Å². The quantitative estimate of drug-likeness (QED) is 0.723. The van der Waals surface area contributed by atoms with Gasteiger partial charge in [0.15, 0.2) is 0 Å². The van der Waals surface area contributed by atoms with Crippen molar-refractivity contribution in [3.63, 3.8) is 0 Å². The van der Waals surface area contributed by atoms with E-state index >= 15 is 0 Å². The first-order valence-corrected chi connectivity index (χ1v) is 8.77. The van der Waals surface area contributed by atoms with Crippen molar-refractivity contribution < 1.29 is 4.79 Å². The molecule has 0 bridgehead atoms. The summed E-state index contributed by atoms with van der Waals surface area (Å²) < 4.78 is 1.46. The Morgan fingerprint density at radius 3 is 2.52 bits per heavy atom. The highest BCUT2D eigenvalue weighted by molar-refractivity contribution is 5.89. The van der Waals surface area contributed by atoms with Crippen LogP contribution in [-0.4, -0.2) is 56.8 Å². The molecule has 1 aliphatic heterocycles. The molecule has 2 aromatic heterocycles. The molecule has 1 fully saturated rings. The molecule has 9 heteroatoms. The highest BCUT2D eigenvalue weighted by Crippen LogP contribution is 2.20. The summed E-state index contributed by atoms with van der Waals surface area (Å²) in [5, 5.41) is 6.70. The lowest BCUT2D eigenvalue weighted by Gasteiger charge is -2.36. The second kappa shape index (κ2) is 7.81. The number of para-hydroxylation sites is 1. The van der Waals surface area contributed by atoms with E-state index < -0.39 is 0 Å². The minimum absolute atomic E-state index is 0.0923. The smallest absolute Gasteiger partial charge is 0.247 e. The SMILES string of the molecule is O=C(Cn1cncn1)Nc1cc(N2CCN(c3ccccc3)CC2)ncn1. The topological polar surface area (TPSA) is 92.1 Å². The van der Waals surface area contributed by atoms with Gasteiger partial charge in [0.1, 0.15) is 37.2 Å². The molecular formula is C18H20N8O. The zero-order valence-corrected chi connectivity index (χ0v) is 14.8. The van der Waals surface area contributed by atoms with Crippen LogP contribution in [0.2, 0.25) is 0 Å². The van der Waals surface area contributed by atoms with E-state index in [4.69, 9.17) is 0 Å². The van der Waals surface area contributed by atoms with E-state index in [0.29, 0.717) is 5.82 Å². The zero-order chi connectivity index (χ0) is 18.5. The van der Waals surface area contributed by atoms with Gasteiger partial charge in [-0.3, -0.25) is 4.79 Å². The Balaban J connectivity index is 1.36. The lowest BCUT2D eigenvalue weighted by atomic mass is 10.2. The van der Waals surface area contributed by atoms with Gasteiger partial charge >= 0.3 is 0 Å². The molecule has 1 amide bonds. The molecule has 0 atom stereocenters. The van der Waals surface area contributed by atoms with Crippen molar-refractivity contribution in [1.82, 2.24) is 24.7 Å². The Hall–Kier alpha value is -3.49. The third-order valence-electron chi connectivity index (χ3n) is 4.42. The van der Waals surface area contributed by atoms with Gasteiger partial charge in [-0.15, -0.1) is 0 Å². The number of carbonyl (C=O) groups is 1. The van der Waals surface area contributed by atoms with Crippen LogP contribution in [0.25, 0.3) is 0 Å². The molecule has 1 saturated heterocycles. The summed E-state index contributed by atoms with van der Waals surface area (Å²) in [7, 11) is 0. The number of nitrogens with zero attached hydrogens (tertiary/aromatic N) is 7. The molecule has 1 aromatic carbocycles. The number of piperazine rings is 1. The Morgan fingerprint density at radius 2 is 1.78 bits per heavy atom. The van der Waals surface area contributed by atoms with Gasteiger partial charge in [-0.1, -0.05) is 18.2 Å². The summed E-state index contributed by atoms with van der Waals surface area (Å²) in [5.41, 5.74) is 1.24. The number of nitrogens with one attached hydrogen (secondary N) is 1. The van der Waals surface area contributed by atoms with E-state index in [1.807, 2.05) is 6.07 Å². The third kappa shape index (κ3) is 4.20. The van der Waals surface area contributed by atoms with Gasteiger partial charge in [-0.25, -0.2) is 19.6 Å². The van der Waals surface area contributed by atoms with Crippen LogP contribution in [0.4, 0.5) is 17.3 Å². The minimum Gasteiger partial charge on any atom is -0.368 e. The fourth-order valence-electron chi connectivity index (χ4n) is 3.06. The highest BCUT2D eigenvalue weighted by Gasteiger charge is 2.19. The summed E-state index contributed by atoms with van der Waals surface area (Å²) in [4.78, 5) is 29.0. The number of amides is 1. The molecule has 0 aliphatic carbocycles. The van der Waals surface area contributed by atoms with E-state index in [9.17, 15) is 4.79 Å². The highest BCUT2D eigenvalue weighted by atomic mass is 16.2. The van der Waals surface area contributed by atoms with Crippen LogP contribution in [0.5, 0.6) is 0 Å². The van der Waals surface area contributed by atoms with Crippen molar-refractivity contribution in [3.05, 3.63) is 55.4 Å². The van der Waals surface area contributed by atoms with Crippen LogP contribution in [0.1, 0.15) is 0 Å². The van der Waals surface area contributed by atoms with Gasteiger partial charge in [0, 0.05) is 37.9 Å². The van der Waals surface area contributed by atoms with E-state index in [0.717, 1.165) is 32.0 Å². The Kier molecular flexibility index (Phi) is 4.91. The molecule has 0 spiro atoms. The monoisotopic (exact) mass is 364 g/mol. The minimum atomic E-state index is -0.209. The molecule has 0 unspecified atom stereocenters. The molecule has 0 radical (unpaired) electrons. The summed E-state index contributed by atoms with van der Waals surface area (Å²) >= 11 is 0. The zero-order valence-electron chi connectivity index (χ0n) is 14.8. The fourth-order valence-corrected chi connectivity index (χ4v) is 3.06. The van der Waals surface area contributed by atoms with Gasteiger partial charge in [0.25, 0.3) is 0 Å². The van der Waals surface area contributed by atoms with E-state index in [2.05, 4.69) is 59.4 Å². The lowest BCUT2D eigenvalue weighted by molar-refractivity contribution is -0.116. The molecule has 1 N–H and O–H groups in total. The summed E-state index contributed by atoms with van der Waals surface area (Å²) in [6, 6.07) is 12.2. The summed E-state index contributed by atoms with van der Waals surface area (Å²) in [6.07, 6.45) is 4.37. The predicted octanol–water partition coefficient (Wildman–Crippen LogP) is 1.03. The number of rotatable bonds is 5. The normalized spacial score (nSPS) is 14.2. The largest absolute Gasteiger partial charge is 0.368 e. The maximum atomic E-state index is 12.1. The molecule has 138 valence electrons. The fraction of sp³-hybridized carbons (Fsp3) is 0.278. The number of benzene rings is 1. The lowest BCUT2D eigenvalue weighted by Crippen LogP contribution is -2.46. The van der Waals surface area contributed by atoms with Crippen LogP contribution >= 0.6 is 0 Å². The predicted molar refractivity (Wildman–Crippen MR) is 102 cm³/mol. The second-order valence-corrected chi connectivity index (χ2v) is 6.21. The van der Waals surface area contributed by atoms with Crippen LogP contribution in [0.3, 0.4) is 0 Å². The molecule has 1 aliphatic rings. The van der Waals surface area contributed by atoms with E-state index in [1.165, 1.54) is 29.4 Å². The number of aromatic nitrogens is 5. The van der Waals surface area contributed by atoms with Crippen molar-refractivity contribution in [1.29, 1.82) is 0 Å². The number of hydrogen-bond donors (Lipinski definition) is 1. The first kappa shape index (κ1) is 17.0. The molecule has 9 nitrogen and oxygen atoms in total. The Morgan fingerprint density at radius 1 is 1.00 bits per heavy atom. The molecule has 0 saturated carbocycles. The average molecular weight is 364 g/mol. The summed E-state index contributed by atoms with van der Waals surface area (Å²) in [6.45, 7) is 3.65. The first-order valence-electron chi connectivity index (χ1n) is 8.77.